The Morgan fingerprint density at radius 3 is 2.75 bits per heavy atom. The second-order valence-corrected chi connectivity index (χ2v) is 3.58. The van der Waals surface area contributed by atoms with E-state index in [1.165, 1.54) is 4.68 Å². The van der Waals surface area contributed by atoms with Gasteiger partial charge in [0, 0.05) is 6.42 Å². The first-order valence-corrected chi connectivity index (χ1v) is 4.51. The van der Waals surface area contributed by atoms with Gasteiger partial charge in [0.2, 0.25) is 0 Å². The zero-order valence-corrected chi connectivity index (χ0v) is 7.85. The van der Waals surface area contributed by atoms with Crippen LogP contribution in [0.25, 0.3) is 0 Å². The molecule has 0 atom stereocenters. The van der Waals surface area contributed by atoms with Gasteiger partial charge in [-0.3, -0.25) is 9.59 Å². The molecule has 0 N–H and O–H groups in total. The molecule has 0 unspecified atom stereocenters. The van der Waals surface area contributed by atoms with Crippen molar-refractivity contribution in [2.24, 2.45) is 0 Å². The van der Waals surface area contributed by atoms with Crippen molar-refractivity contribution >= 4 is 17.1 Å². The van der Waals surface area contributed by atoms with Crippen molar-refractivity contribution in [3.05, 3.63) is 14.7 Å². The fourth-order valence-electron chi connectivity index (χ4n) is 0.789. The van der Waals surface area contributed by atoms with Crippen molar-refractivity contribution in [3.63, 3.8) is 0 Å². The molecule has 0 saturated carbocycles. The van der Waals surface area contributed by atoms with E-state index in [-0.39, 0.29) is 17.2 Å². The molecule has 0 radical (unpaired) electrons. The monoisotopic (exact) mass is 186 g/mol. The van der Waals surface area contributed by atoms with Crippen LogP contribution in [0.1, 0.15) is 18.4 Å². The zero-order chi connectivity index (χ0) is 9.14. The van der Waals surface area contributed by atoms with Gasteiger partial charge in [0.15, 0.2) is 5.78 Å². The Labute approximate surface area is 73.8 Å². The molecule has 0 saturated heterocycles. The number of aromatic nitrogens is 2. The van der Waals surface area contributed by atoms with E-state index in [1.54, 1.807) is 13.8 Å². The molecule has 0 bridgehead atoms. The van der Waals surface area contributed by atoms with Crippen molar-refractivity contribution < 1.29 is 4.79 Å². The number of aryl methyl sites for hydroxylation is 1. The van der Waals surface area contributed by atoms with Crippen molar-refractivity contribution in [2.45, 2.75) is 26.8 Å². The van der Waals surface area contributed by atoms with Crippen LogP contribution >= 0.6 is 11.3 Å². The van der Waals surface area contributed by atoms with Crippen LogP contribution in [-0.4, -0.2) is 15.6 Å². The van der Waals surface area contributed by atoms with E-state index in [1.807, 2.05) is 0 Å². The number of Topliss-reactive ketones (excluding diaryl/α,β-unsaturated/α-hetero) is 1. The average molecular weight is 186 g/mol. The highest BCUT2D eigenvalue weighted by molar-refractivity contribution is 7.08. The number of hydrogen-bond donors (Lipinski definition) is 0. The van der Waals surface area contributed by atoms with Gasteiger partial charge in [-0.2, -0.15) is 5.10 Å². The van der Waals surface area contributed by atoms with Gasteiger partial charge in [0.05, 0.1) is 0 Å². The largest absolute Gasteiger partial charge is 0.325 e. The van der Waals surface area contributed by atoms with E-state index >= 15 is 0 Å². The Kier molecular flexibility index (Phi) is 2.75. The summed E-state index contributed by atoms with van der Waals surface area (Å²) in [6.45, 7) is 3.63. The number of ketones is 1. The highest BCUT2D eigenvalue weighted by Gasteiger charge is 2.05. The lowest BCUT2D eigenvalue weighted by Crippen LogP contribution is -2.20. The maximum Gasteiger partial charge on any atom is 0.325 e. The van der Waals surface area contributed by atoms with Gasteiger partial charge in [-0.25, -0.2) is 4.68 Å². The third-order valence-corrected chi connectivity index (χ3v) is 2.19. The van der Waals surface area contributed by atoms with Crippen LogP contribution in [-0.2, 0) is 11.3 Å². The zero-order valence-electron chi connectivity index (χ0n) is 7.03. The summed E-state index contributed by atoms with van der Waals surface area (Å²) in [6.07, 6.45) is 0.447. The Hall–Kier alpha value is -0.970. The van der Waals surface area contributed by atoms with Crippen molar-refractivity contribution in [1.29, 1.82) is 0 Å². The summed E-state index contributed by atoms with van der Waals surface area (Å²) in [6, 6.07) is 0. The topological polar surface area (TPSA) is 52.0 Å². The third-order valence-electron chi connectivity index (χ3n) is 1.43. The van der Waals surface area contributed by atoms with Gasteiger partial charge >= 0.3 is 4.87 Å². The molecule has 0 fully saturated rings. The number of carbonyl (C=O) groups excluding carboxylic acids is 1. The highest BCUT2D eigenvalue weighted by Crippen LogP contribution is 1.95. The molecule has 0 aromatic carbocycles. The van der Waals surface area contributed by atoms with Gasteiger partial charge in [-0.05, 0) is 6.92 Å². The Bertz CT molecular complexity index is 339. The van der Waals surface area contributed by atoms with E-state index in [4.69, 9.17) is 0 Å². The molecule has 0 aliphatic heterocycles. The van der Waals surface area contributed by atoms with Crippen LogP contribution in [0.3, 0.4) is 0 Å². The molecular weight excluding hydrogens is 176 g/mol. The normalized spacial score (nSPS) is 10.2. The Morgan fingerprint density at radius 2 is 2.33 bits per heavy atom. The highest BCUT2D eigenvalue weighted by atomic mass is 32.1. The molecule has 1 aromatic heterocycles. The summed E-state index contributed by atoms with van der Waals surface area (Å²) in [5, 5.41) is 4.60. The molecule has 5 heteroatoms. The SMILES string of the molecule is CCC(=O)Cn1nc(C)sc1=O. The van der Waals surface area contributed by atoms with Crippen LogP contribution in [0, 0.1) is 6.92 Å². The number of carbonyl (C=O) groups is 1. The van der Waals surface area contributed by atoms with Crippen LogP contribution in [0.15, 0.2) is 4.79 Å². The predicted molar refractivity (Wildman–Crippen MR) is 46.4 cm³/mol. The van der Waals surface area contributed by atoms with Crippen molar-refractivity contribution in [1.82, 2.24) is 9.78 Å². The number of hydrogen-bond acceptors (Lipinski definition) is 4. The predicted octanol–water partition coefficient (Wildman–Crippen LogP) is 0.592. The summed E-state index contributed by atoms with van der Waals surface area (Å²) in [5.41, 5.74) is 0. The molecule has 1 rings (SSSR count). The lowest BCUT2D eigenvalue weighted by molar-refractivity contribution is -0.119. The first-order valence-electron chi connectivity index (χ1n) is 3.69. The summed E-state index contributed by atoms with van der Waals surface area (Å²) >= 11 is 1.07. The molecule has 0 spiro atoms. The molecule has 0 aliphatic carbocycles. The van der Waals surface area contributed by atoms with E-state index in [9.17, 15) is 9.59 Å². The molecule has 0 amide bonds. The summed E-state index contributed by atoms with van der Waals surface area (Å²) < 4.78 is 1.21. The first kappa shape index (κ1) is 9.12. The summed E-state index contributed by atoms with van der Waals surface area (Å²) in [4.78, 5) is 21.8. The molecule has 4 nitrogen and oxygen atoms in total. The van der Waals surface area contributed by atoms with Gasteiger partial charge < -0.3 is 0 Å². The van der Waals surface area contributed by atoms with E-state index < -0.39 is 0 Å². The smallest absolute Gasteiger partial charge is 0.298 e. The lowest BCUT2D eigenvalue weighted by atomic mass is 10.3. The second-order valence-electron chi connectivity index (χ2n) is 2.44. The second kappa shape index (κ2) is 3.62. The quantitative estimate of drug-likeness (QED) is 0.694. The molecular formula is C7H10N2O2S. The third kappa shape index (κ3) is 2.01. The molecule has 0 aliphatic rings. The first-order chi connectivity index (χ1) is 5.63. The minimum absolute atomic E-state index is 0.0300. The maximum absolute atomic E-state index is 11.1. The summed E-state index contributed by atoms with van der Waals surface area (Å²) in [5.74, 6) is 0.0300. The maximum atomic E-state index is 11.1. The summed E-state index contributed by atoms with van der Waals surface area (Å²) in [7, 11) is 0. The van der Waals surface area contributed by atoms with Crippen LogP contribution in [0.5, 0.6) is 0 Å². The fourth-order valence-corrected chi connectivity index (χ4v) is 1.39. The van der Waals surface area contributed by atoms with Crippen LogP contribution < -0.4 is 4.87 Å². The minimum atomic E-state index is -0.158. The van der Waals surface area contributed by atoms with Crippen molar-refractivity contribution in [2.75, 3.05) is 0 Å². The van der Waals surface area contributed by atoms with Gasteiger partial charge in [0.1, 0.15) is 11.6 Å². The fraction of sp³-hybridized carbons (Fsp3) is 0.571. The molecule has 66 valence electrons. The van der Waals surface area contributed by atoms with E-state index in [0.29, 0.717) is 11.4 Å². The standard InChI is InChI=1S/C7H10N2O2S/c1-3-6(10)4-9-7(11)12-5(2)8-9/h3-4H2,1-2H3. The average Bonchev–Trinajstić information content (AvgIpc) is 2.30. The minimum Gasteiger partial charge on any atom is -0.298 e. The Morgan fingerprint density at radius 1 is 1.67 bits per heavy atom. The van der Waals surface area contributed by atoms with Crippen LogP contribution in [0.2, 0.25) is 0 Å². The van der Waals surface area contributed by atoms with E-state index in [2.05, 4.69) is 5.10 Å². The molecule has 12 heavy (non-hydrogen) atoms. The van der Waals surface area contributed by atoms with Crippen molar-refractivity contribution in [3.8, 4) is 0 Å². The molecule has 1 aromatic rings. The molecule has 1 heterocycles. The lowest BCUT2D eigenvalue weighted by Gasteiger charge is -1.94. The van der Waals surface area contributed by atoms with Gasteiger partial charge in [-0.15, -0.1) is 0 Å². The number of rotatable bonds is 3. The number of nitrogens with zero attached hydrogens (tertiary/aromatic N) is 2. The van der Waals surface area contributed by atoms with E-state index in [0.717, 1.165) is 11.3 Å². The van der Waals surface area contributed by atoms with Gasteiger partial charge in [-0.1, -0.05) is 18.3 Å². The van der Waals surface area contributed by atoms with Gasteiger partial charge in [0.25, 0.3) is 0 Å². The Balaban J connectivity index is 2.82. The van der Waals surface area contributed by atoms with Crippen LogP contribution in [0.4, 0.5) is 0 Å².